The number of H-pyrrole nitrogens is 1. The fourth-order valence-corrected chi connectivity index (χ4v) is 2.36. The summed E-state index contributed by atoms with van der Waals surface area (Å²) >= 11 is 0. The molecule has 0 radical (unpaired) electrons. The van der Waals surface area contributed by atoms with Gasteiger partial charge in [0.15, 0.2) is 0 Å². The lowest BCUT2D eigenvalue weighted by atomic mass is 9.88. The van der Waals surface area contributed by atoms with Crippen molar-refractivity contribution in [2.24, 2.45) is 5.92 Å². The first-order chi connectivity index (χ1) is 8.08. The fourth-order valence-electron chi connectivity index (χ4n) is 2.36. The van der Waals surface area contributed by atoms with E-state index in [0.717, 1.165) is 12.8 Å². The number of β-amino-alcohol motifs (C(OH)–C–C–N with tert-alkyl or cyclic N) is 1. The van der Waals surface area contributed by atoms with Gasteiger partial charge >= 0.3 is 0 Å². The third kappa shape index (κ3) is 1.76. The Hall–Kier alpha value is -1.62. The van der Waals surface area contributed by atoms with Crippen molar-refractivity contribution < 1.29 is 9.90 Å². The third-order valence-electron chi connectivity index (χ3n) is 3.58. The number of aromatic amines is 1. The molecule has 1 aliphatic heterocycles. The number of carbonyl (C=O) groups excluding carboxylic acids is 1. The number of carbonyl (C=O) groups is 1. The van der Waals surface area contributed by atoms with Crippen molar-refractivity contribution in [3.63, 3.8) is 0 Å². The van der Waals surface area contributed by atoms with Crippen molar-refractivity contribution in [2.45, 2.75) is 18.4 Å². The Morgan fingerprint density at radius 3 is 2.65 bits per heavy atom. The Balaban J connectivity index is 1.68. The van der Waals surface area contributed by atoms with E-state index in [1.165, 1.54) is 18.3 Å². The molecule has 1 aliphatic carbocycles. The number of hydrogen-bond donors (Lipinski definition) is 2. The minimum atomic E-state index is -0.655. The topological polar surface area (TPSA) is 73.4 Å². The molecular weight excluding hydrogens is 220 g/mol. The lowest BCUT2D eigenvalue weighted by molar-refractivity contribution is -0.0958. The number of aromatic nitrogens is 1. The van der Waals surface area contributed by atoms with Gasteiger partial charge < -0.3 is 15.0 Å². The molecule has 1 saturated carbocycles. The van der Waals surface area contributed by atoms with Gasteiger partial charge in [-0.15, -0.1) is 0 Å². The van der Waals surface area contributed by atoms with E-state index in [-0.39, 0.29) is 11.5 Å². The molecule has 2 N–H and O–H groups in total. The fraction of sp³-hybridized carbons (Fsp3) is 0.500. The molecule has 3 rings (SSSR count). The first-order valence-corrected chi connectivity index (χ1v) is 5.79. The second-order valence-electron chi connectivity index (χ2n) is 4.98. The number of nitrogens with zero attached hydrogens (tertiary/aromatic N) is 1. The van der Waals surface area contributed by atoms with Gasteiger partial charge in [-0.1, -0.05) is 0 Å². The summed E-state index contributed by atoms with van der Waals surface area (Å²) in [5.41, 5.74) is -0.417. The maximum absolute atomic E-state index is 12.0. The highest BCUT2D eigenvalue weighted by molar-refractivity contribution is 5.94. The zero-order chi connectivity index (χ0) is 12.0. The SMILES string of the molecule is O=C(c1ccc(=O)[nH]c1)N1CC(O)(C2CC2)C1. The highest BCUT2D eigenvalue weighted by Crippen LogP contribution is 2.44. The van der Waals surface area contributed by atoms with E-state index in [0.29, 0.717) is 24.6 Å². The van der Waals surface area contributed by atoms with Gasteiger partial charge in [-0.25, -0.2) is 0 Å². The third-order valence-corrected chi connectivity index (χ3v) is 3.58. The zero-order valence-electron chi connectivity index (χ0n) is 9.35. The van der Waals surface area contributed by atoms with Crippen LogP contribution in [0.5, 0.6) is 0 Å². The van der Waals surface area contributed by atoms with Crippen LogP contribution in [0.2, 0.25) is 0 Å². The average Bonchev–Trinajstić information content (AvgIpc) is 3.09. The van der Waals surface area contributed by atoms with Crippen molar-refractivity contribution in [1.82, 2.24) is 9.88 Å². The van der Waals surface area contributed by atoms with Crippen LogP contribution in [0.15, 0.2) is 23.1 Å². The number of rotatable bonds is 2. The van der Waals surface area contributed by atoms with Crippen molar-refractivity contribution in [2.75, 3.05) is 13.1 Å². The molecule has 17 heavy (non-hydrogen) atoms. The molecule has 1 amide bonds. The summed E-state index contributed by atoms with van der Waals surface area (Å²) < 4.78 is 0. The maximum atomic E-state index is 12.0. The predicted molar refractivity (Wildman–Crippen MR) is 60.6 cm³/mol. The number of likely N-dealkylation sites (tertiary alicyclic amines) is 1. The van der Waals surface area contributed by atoms with Gasteiger partial charge in [0, 0.05) is 12.3 Å². The van der Waals surface area contributed by atoms with Crippen molar-refractivity contribution in [3.8, 4) is 0 Å². The van der Waals surface area contributed by atoms with E-state index >= 15 is 0 Å². The lowest BCUT2D eigenvalue weighted by Gasteiger charge is -2.46. The molecule has 0 bridgehead atoms. The summed E-state index contributed by atoms with van der Waals surface area (Å²) in [6.07, 6.45) is 3.55. The molecule has 1 saturated heterocycles. The van der Waals surface area contributed by atoms with Crippen LogP contribution in [-0.4, -0.2) is 39.6 Å². The second kappa shape index (κ2) is 3.43. The Morgan fingerprint density at radius 2 is 2.12 bits per heavy atom. The highest BCUT2D eigenvalue weighted by atomic mass is 16.3. The molecular formula is C12H14N2O3. The number of nitrogens with one attached hydrogen (secondary N) is 1. The van der Waals surface area contributed by atoms with Crippen LogP contribution in [0.1, 0.15) is 23.2 Å². The summed E-state index contributed by atoms with van der Waals surface area (Å²) in [5.74, 6) is 0.244. The Bertz CT molecular complexity index is 492. The summed E-state index contributed by atoms with van der Waals surface area (Å²) in [4.78, 5) is 26.9. The quantitative estimate of drug-likeness (QED) is 0.754. The molecule has 5 nitrogen and oxygen atoms in total. The summed E-state index contributed by atoms with van der Waals surface area (Å²) in [7, 11) is 0. The molecule has 2 aliphatic rings. The predicted octanol–water partition coefficient (Wildman–Crippen LogP) is -0.0282. The minimum absolute atomic E-state index is 0.133. The molecule has 5 heteroatoms. The molecule has 0 unspecified atom stereocenters. The van der Waals surface area contributed by atoms with Crippen LogP contribution in [0.25, 0.3) is 0 Å². The van der Waals surface area contributed by atoms with Crippen LogP contribution < -0.4 is 5.56 Å². The smallest absolute Gasteiger partial charge is 0.255 e. The van der Waals surface area contributed by atoms with Gasteiger partial charge in [-0.2, -0.15) is 0 Å². The normalized spacial score (nSPS) is 22.1. The van der Waals surface area contributed by atoms with Crippen molar-refractivity contribution >= 4 is 5.91 Å². The Morgan fingerprint density at radius 1 is 1.41 bits per heavy atom. The van der Waals surface area contributed by atoms with E-state index in [4.69, 9.17) is 0 Å². The van der Waals surface area contributed by atoms with Gasteiger partial charge in [-0.05, 0) is 24.8 Å². The zero-order valence-corrected chi connectivity index (χ0v) is 9.35. The van der Waals surface area contributed by atoms with Crippen molar-refractivity contribution in [1.29, 1.82) is 0 Å². The Kier molecular flexibility index (Phi) is 2.13. The van der Waals surface area contributed by atoms with E-state index in [9.17, 15) is 14.7 Å². The summed E-state index contributed by atoms with van der Waals surface area (Å²) in [6, 6.07) is 2.84. The minimum Gasteiger partial charge on any atom is -0.386 e. The average molecular weight is 234 g/mol. The highest BCUT2D eigenvalue weighted by Gasteiger charge is 2.53. The Labute approximate surface area is 98.1 Å². The number of aliphatic hydroxyl groups is 1. The van der Waals surface area contributed by atoms with Crippen LogP contribution >= 0.6 is 0 Å². The molecule has 1 aromatic heterocycles. The largest absolute Gasteiger partial charge is 0.386 e. The van der Waals surface area contributed by atoms with Crippen LogP contribution in [0.3, 0.4) is 0 Å². The first kappa shape index (κ1) is 10.5. The van der Waals surface area contributed by atoms with Gasteiger partial charge in [0.25, 0.3) is 5.91 Å². The van der Waals surface area contributed by atoms with Crippen LogP contribution in [-0.2, 0) is 0 Å². The summed E-state index contributed by atoms with van der Waals surface area (Å²) in [5, 5.41) is 10.1. The van der Waals surface area contributed by atoms with Crippen LogP contribution in [0.4, 0.5) is 0 Å². The molecule has 90 valence electrons. The van der Waals surface area contributed by atoms with E-state index in [1.807, 2.05) is 0 Å². The first-order valence-electron chi connectivity index (χ1n) is 5.79. The monoisotopic (exact) mass is 234 g/mol. The molecule has 0 atom stereocenters. The van der Waals surface area contributed by atoms with E-state index in [1.54, 1.807) is 4.90 Å². The lowest BCUT2D eigenvalue weighted by Crippen LogP contribution is -2.64. The maximum Gasteiger partial charge on any atom is 0.255 e. The van der Waals surface area contributed by atoms with Gasteiger partial charge in [0.2, 0.25) is 5.56 Å². The van der Waals surface area contributed by atoms with E-state index in [2.05, 4.69) is 4.98 Å². The van der Waals surface area contributed by atoms with Crippen molar-refractivity contribution in [3.05, 3.63) is 34.2 Å². The van der Waals surface area contributed by atoms with Gasteiger partial charge in [0.05, 0.1) is 18.7 Å². The van der Waals surface area contributed by atoms with E-state index < -0.39 is 5.60 Å². The number of amides is 1. The van der Waals surface area contributed by atoms with Gasteiger partial charge in [0.1, 0.15) is 5.60 Å². The number of hydrogen-bond acceptors (Lipinski definition) is 3. The molecule has 0 spiro atoms. The second-order valence-corrected chi connectivity index (χ2v) is 4.98. The molecule has 2 fully saturated rings. The van der Waals surface area contributed by atoms with Crippen LogP contribution in [0, 0.1) is 5.92 Å². The summed E-state index contributed by atoms with van der Waals surface area (Å²) in [6.45, 7) is 0.825. The molecule has 2 heterocycles. The molecule has 0 aromatic carbocycles. The molecule has 1 aromatic rings. The number of pyridine rings is 1. The van der Waals surface area contributed by atoms with Gasteiger partial charge in [-0.3, -0.25) is 9.59 Å². The standard InChI is InChI=1S/C12H14N2O3/c15-10-4-1-8(5-13-10)11(16)14-6-12(17,7-14)9-2-3-9/h1,4-5,9,17H,2-3,6-7H2,(H,13,15).